The lowest BCUT2D eigenvalue weighted by molar-refractivity contribution is -0.133. The van der Waals surface area contributed by atoms with Gasteiger partial charge in [-0.25, -0.2) is 8.78 Å². The fourth-order valence-electron chi connectivity index (χ4n) is 2.90. The molecule has 1 heterocycles. The lowest BCUT2D eigenvalue weighted by Crippen LogP contribution is -2.29. The predicted octanol–water partition coefficient (Wildman–Crippen LogP) is 2.98. The number of carbonyl (C=O) groups excluding carboxylic acids is 3. The second-order valence-electron chi connectivity index (χ2n) is 6.18. The third-order valence-corrected chi connectivity index (χ3v) is 4.20. The molecule has 0 bridgehead atoms. The summed E-state index contributed by atoms with van der Waals surface area (Å²) in [6.45, 7) is 2.45. The lowest BCUT2D eigenvalue weighted by Gasteiger charge is -2.19. The number of hydrogen-bond donors (Lipinski definition) is 2. The molecular formula is C19H17F2N3O3. The predicted molar refractivity (Wildman–Crippen MR) is 96.4 cm³/mol. The van der Waals surface area contributed by atoms with E-state index < -0.39 is 23.4 Å². The van der Waals surface area contributed by atoms with Gasteiger partial charge < -0.3 is 15.5 Å². The molecule has 1 aliphatic rings. The van der Waals surface area contributed by atoms with Crippen molar-refractivity contribution in [1.82, 2.24) is 0 Å². The monoisotopic (exact) mass is 373 g/mol. The van der Waals surface area contributed by atoms with Crippen LogP contribution in [-0.4, -0.2) is 24.3 Å². The van der Waals surface area contributed by atoms with Gasteiger partial charge in [0, 0.05) is 30.4 Å². The van der Waals surface area contributed by atoms with E-state index in [2.05, 4.69) is 10.6 Å². The summed E-state index contributed by atoms with van der Waals surface area (Å²) in [6.07, 6.45) is 1.31. The van der Waals surface area contributed by atoms with Gasteiger partial charge in [-0.05, 0) is 49.2 Å². The molecule has 0 unspecified atom stereocenters. The summed E-state index contributed by atoms with van der Waals surface area (Å²) in [4.78, 5) is 37.5. The topological polar surface area (TPSA) is 78.5 Å². The highest BCUT2D eigenvalue weighted by molar-refractivity contribution is 6.43. The zero-order valence-corrected chi connectivity index (χ0v) is 14.5. The van der Waals surface area contributed by atoms with E-state index in [-0.39, 0.29) is 11.6 Å². The summed E-state index contributed by atoms with van der Waals surface area (Å²) < 4.78 is 26.4. The number of rotatable bonds is 3. The van der Waals surface area contributed by atoms with Gasteiger partial charge >= 0.3 is 11.8 Å². The van der Waals surface area contributed by atoms with E-state index in [0.717, 1.165) is 29.8 Å². The van der Waals surface area contributed by atoms with Crippen molar-refractivity contribution in [2.45, 2.75) is 19.8 Å². The molecular weight excluding hydrogens is 356 g/mol. The number of aryl methyl sites for hydroxylation is 1. The lowest BCUT2D eigenvalue weighted by atomic mass is 10.1. The molecule has 0 saturated carbocycles. The second-order valence-corrected chi connectivity index (χ2v) is 6.18. The van der Waals surface area contributed by atoms with Crippen molar-refractivity contribution in [1.29, 1.82) is 0 Å². The average Bonchev–Trinajstić information content (AvgIpc) is 3.03. The van der Waals surface area contributed by atoms with E-state index in [1.54, 1.807) is 30.0 Å². The zero-order chi connectivity index (χ0) is 19.6. The summed E-state index contributed by atoms with van der Waals surface area (Å²) in [5.74, 6) is -3.80. The Morgan fingerprint density at radius 3 is 2.41 bits per heavy atom. The molecule has 1 aliphatic heterocycles. The Balaban J connectivity index is 1.67. The Hall–Kier alpha value is -3.29. The number of anilines is 3. The Morgan fingerprint density at radius 2 is 1.78 bits per heavy atom. The van der Waals surface area contributed by atoms with Gasteiger partial charge in [0.15, 0.2) is 0 Å². The number of benzene rings is 2. The van der Waals surface area contributed by atoms with Crippen LogP contribution < -0.4 is 15.5 Å². The molecule has 0 radical (unpaired) electrons. The zero-order valence-electron chi connectivity index (χ0n) is 14.5. The standard InChI is InChI=1S/C19H17F2N3O3/c1-11-9-13(5-7-16(11)24-8-2-3-17(24)25)22-18(26)19(27)23-15-6-4-12(20)10-14(15)21/h4-7,9-10H,2-3,8H2,1H3,(H,22,26)(H,23,27). The maximum atomic E-state index is 13.6. The second kappa shape index (κ2) is 7.53. The van der Waals surface area contributed by atoms with Gasteiger partial charge in [0.05, 0.1) is 5.69 Å². The fraction of sp³-hybridized carbons (Fsp3) is 0.211. The summed E-state index contributed by atoms with van der Waals surface area (Å²) in [7, 11) is 0. The van der Waals surface area contributed by atoms with Crippen LogP contribution in [0.1, 0.15) is 18.4 Å². The highest BCUT2D eigenvalue weighted by Gasteiger charge is 2.23. The smallest absolute Gasteiger partial charge is 0.314 e. The van der Waals surface area contributed by atoms with E-state index in [1.165, 1.54) is 0 Å². The van der Waals surface area contributed by atoms with Crippen LogP contribution in [0.25, 0.3) is 0 Å². The molecule has 0 aromatic heterocycles. The van der Waals surface area contributed by atoms with Crippen LogP contribution in [0.5, 0.6) is 0 Å². The number of hydrogen-bond acceptors (Lipinski definition) is 3. The quantitative estimate of drug-likeness (QED) is 0.812. The van der Waals surface area contributed by atoms with Gasteiger partial charge in [-0.1, -0.05) is 0 Å². The highest BCUT2D eigenvalue weighted by atomic mass is 19.1. The van der Waals surface area contributed by atoms with E-state index in [1.807, 2.05) is 0 Å². The molecule has 0 aliphatic carbocycles. The van der Waals surface area contributed by atoms with Crippen molar-refractivity contribution in [2.24, 2.45) is 0 Å². The molecule has 2 aromatic carbocycles. The minimum absolute atomic E-state index is 0.0515. The minimum atomic E-state index is -1.09. The molecule has 0 atom stereocenters. The summed E-state index contributed by atoms with van der Waals surface area (Å²) in [6, 6.07) is 7.53. The fourth-order valence-corrected chi connectivity index (χ4v) is 2.90. The minimum Gasteiger partial charge on any atom is -0.318 e. The van der Waals surface area contributed by atoms with E-state index in [9.17, 15) is 23.2 Å². The molecule has 3 rings (SSSR count). The molecule has 140 valence electrons. The van der Waals surface area contributed by atoms with E-state index >= 15 is 0 Å². The Labute approximate surface area is 154 Å². The van der Waals surface area contributed by atoms with Crippen LogP contribution in [0.2, 0.25) is 0 Å². The van der Waals surface area contributed by atoms with Crippen molar-refractivity contribution < 1.29 is 23.2 Å². The van der Waals surface area contributed by atoms with Crippen molar-refractivity contribution in [3.63, 3.8) is 0 Å². The highest BCUT2D eigenvalue weighted by Crippen LogP contribution is 2.27. The van der Waals surface area contributed by atoms with Crippen molar-refractivity contribution in [3.8, 4) is 0 Å². The molecule has 0 spiro atoms. The first-order valence-electron chi connectivity index (χ1n) is 8.33. The van der Waals surface area contributed by atoms with Crippen molar-refractivity contribution in [2.75, 3.05) is 22.1 Å². The van der Waals surface area contributed by atoms with Crippen LogP contribution in [0.4, 0.5) is 25.8 Å². The van der Waals surface area contributed by atoms with Gasteiger partial charge in [-0.3, -0.25) is 14.4 Å². The van der Waals surface area contributed by atoms with Gasteiger partial charge in [0.2, 0.25) is 5.91 Å². The summed E-state index contributed by atoms with van der Waals surface area (Å²) in [5, 5.41) is 4.50. The summed E-state index contributed by atoms with van der Waals surface area (Å²) >= 11 is 0. The third kappa shape index (κ3) is 4.11. The molecule has 27 heavy (non-hydrogen) atoms. The molecule has 3 amide bonds. The van der Waals surface area contributed by atoms with Crippen LogP contribution in [0, 0.1) is 18.6 Å². The van der Waals surface area contributed by atoms with Gasteiger partial charge in [0.1, 0.15) is 11.6 Å². The number of halogens is 2. The van der Waals surface area contributed by atoms with Crippen LogP contribution >= 0.6 is 0 Å². The molecule has 2 aromatic rings. The largest absolute Gasteiger partial charge is 0.318 e. The van der Waals surface area contributed by atoms with Crippen LogP contribution in [-0.2, 0) is 14.4 Å². The van der Waals surface area contributed by atoms with Crippen molar-refractivity contribution >= 4 is 34.8 Å². The molecule has 6 nitrogen and oxygen atoms in total. The molecule has 1 saturated heterocycles. The first kappa shape index (κ1) is 18.5. The number of nitrogens with one attached hydrogen (secondary N) is 2. The number of nitrogens with zero attached hydrogens (tertiary/aromatic N) is 1. The normalized spacial score (nSPS) is 13.6. The Kier molecular flexibility index (Phi) is 5.16. The van der Waals surface area contributed by atoms with Gasteiger partial charge in [-0.2, -0.15) is 0 Å². The summed E-state index contributed by atoms with van der Waals surface area (Å²) in [5.41, 5.74) is 1.60. The number of carbonyl (C=O) groups is 3. The van der Waals surface area contributed by atoms with E-state index in [0.29, 0.717) is 24.7 Å². The van der Waals surface area contributed by atoms with Crippen LogP contribution in [0.15, 0.2) is 36.4 Å². The first-order valence-corrected chi connectivity index (χ1v) is 8.33. The first-order chi connectivity index (χ1) is 12.8. The van der Waals surface area contributed by atoms with Crippen molar-refractivity contribution in [3.05, 3.63) is 53.6 Å². The van der Waals surface area contributed by atoms with Gasteiger partial charge in [0.25, 0.3) is 0 Å². The molecule has 8 heteroatoms. The maximum Gasteiger partial charge on any atom is 0.314 e. The van der Waals surface area contributed by atoms with E-state index in [4.69, 9.17) is 0 Å². The van der Waals surface area contributed by atoms with Crippen LogP contribution in [0.3, 0.4) is 0 Å². The third-order valence-electron chi connectivity index (χ3n) is 4.20. The Bertz CT molecular complexity index is 930. The number of amides is 3. The maximum absolute atomic E-state index is 13.6. The Morgan fingerprint density at radius 1 is 1.04 bits per heavy atom. The average molecular weight is 373 g/mol. The SMILES string of the molecule is Cc1cc(NC(=O)C(=O)Nc2ccc(F)cc2F)ccc1N1CCCC1=O. The van der Waals surface area contributed by atoms with Gasteiger partial charge in [-0.15, -0.1) is 0 Å². The molecule has 1 fully saturated rings. The molecule has 2 N–H and O–H groups in total.